The van der Waals surface area contributed by atoms with Gasteiger partial charge < -0.3 is 0 Å². The molecule has 60 valence electrons. The average molecular weight is 385 g/mol. The Hall–Kier alpha value is 0.192. The van der Waals surface area contributed by atoms with Crippen molar-refractivity contribution in [2.45, 2.75) is 12.6 Å². The van der Waals surface area contributed by atoms with Crippen LogP contribution in [0.5, 0.6) is 0 Å². The molecule has 0 spiro atoms. The van der Waals surface area contributed by atoms with Crippen LogP contribution >= 0.6 is 0 Å². The molecule has 0 nitrogen and oxygen atoms in total. The van der Waals surface area contributed by atoms with E-state index in [0.29, 0.717) is 6.42 Å². The van der Waals surface area contributed by atoms with Crippen LogP contribution in [-0.4, -0.2) is 6.18 Å². The van der Waals surface area contributed by atoms with Gasteiger partial charge in [-0.25, -0.2) is 12.5 Å². The molecule has 0 heterocycles. The monoisotopic (exact) mass is 385 g/mol. The van der Waals surface area contributed by atoms with E-state index in [1.807, 2.05) is 0 Å². The maximum atomic E-state index is 11.8. The predicted molar refractivity (Wildman–Crippen MR) is 32.2 cm³/mol. The maximum Gasteiger partial charge on any atom is 0.400 e. The Bertz CT molecular complexity index is 179. The van der Waals surface area contributed by atoms with E-state index in [2.05, 4.69) is 0 Å². The van der Waals surface area contributed by atoms with Crippen LogP contribution in [0.3, 0.4) is 0 Å². The van der Waals surface area contributed by atoms with Crippen LogP contribution in [0.1, 0.15) is 6.42 Å². The van der Waals surface area contributed by atoms with E-state index >= 15 is 0 Å². The molecule has 1 aliphatic carbocycles. The van der Waals surface area contributed by atoms with Crippen molar-refractivity contribution in [2.75, 3.05) is 0 Å². The molecular weight excluding hydrogens is 379 g/mol. The van der Waals surface area contributed by atoms with Crippen molar-refractivity contribution in [3.63, 3.8) is 0 Å². The first-order chi connectivity index (χ1) is 4.61. The van der Waals surface area contributed by atoms with Gasteiger partial charge in [-0.15, -0.1) is 6.08 Å². The molecule has 0 saturated heterocycles. The molecule has 0 radical (unpaired) electrons. The third kappa shape index (κ3) is 3.40. The van der Waals surface area contributed by atoms with Gasteiger partial charge in [0.2, 0.25) is 0 Å². The summed E-state index contributed by atoms with van der Waals surface area (Å²) in [5.41, 5.74) is -0.546. The summed E-state index contributed by atoms with van der Waals surface area (Å²) in [5, 5.41) is 0. The number of allylic oxidation sites excluding steroid dienone is 4. The fourth-order valence-corrected chi connectivity index (χ4v) is 0.724. The molecule has 0 unspecified atom stereocenters. The molecule has 0 N–H and O–H groups in total. The third-order valence-corrected chi connectivity index (χ3v) is 1.21. The van der Waals surface area contributed by atoms with Gasteiger partial charge in [-0.2, -0.15) is 19.2 Å². The molecule has 1 aliphatic rings. The van der Waals surface area contributed by atoms with E-state index in [9.17, 15) is 13.2 Å². The zero-order chi connectivity index (χ0) is 7.61. The minimum absolute atomic E-state index is 0. The van der Waals surface area contributed by atoms with Gasteiger partial charge in [0, 0.05) is 31.1 Å². The largest absolute Gasteiger partial charge is 0.400 e. The van der Waals surface area contributed by atoms with Crippen molar-refractivity contribution in [3.05, 3.63) is 30.2 Å². The van der Waals surface area contributed by atoms with E-state index in [-0.39, 0.29) is 31.1 Å². The van der Waals surface area contributed by atoms with E-state index < -0.39 is 11.7 Å². The molecule has 0 aromatic heterocycles. The molecule has 0 aliphatic heterocycles. The quantitative estimate of drug-likeness (QED) is 0.563. The van der Waals surface area contributed by atoms with Crippen molar-refractivity contribution in [2.24, 2.45) is 0 Å². The summed E-state index contributed by atoms with van der Waals surface area (Å²) in [6.45, 7) is 0. The van der Waals surface area contributed by atoms with Crippen LogP contribution in [0.4, 0.5) is 13.2 Å². The van der Waals surface area contributed by atoms with Crippen LogP contribution in [0.25, 0.3) is 0 Å². The first kappa shape index (κ1) is 11.2. The number of hydrogen-bond acceptors (Lipinski definition) is 0. The molecular formula is C7H6F3U-. The number of hydrogen-bond donors (Lipinski definition) is 0. The molecule has 0 bridgehead atoms. The number of rotatable bonds is 0. The zero-order valence-electron chi connectivity index (χ0n) is 5.65. The van der Waals surface area contributed by atoms with Gasteiger partial charge in [0.05, 0.1) is 0 Å². The third-order valence-electron chi connectivity index (χ3n) is 1.21. The Kier molecular flexibility index (Phi) is 4.35. The fourth-order valence-electron chi connectivity index (χ4n) is 0.724. The summed E-state index contributed by atoms with van der Waals surface area (Å²) in [6, 6.07) is 0. The van der Waals surface area contributed by atoms with E-state index in [4.69, 9.17) is 0 Å². The summed E-state index contributed by atoms with van der Waals surface area (Å²) < 4.78 is 35.4. The summed E-state index contributed by atoms with van der Waals surface area (Å²) in [4.78, 5) is 0. The topological polar surface area (TPSA) is 0 Å². The van der Waals surface area contributed by atoms with Crippen molar-refractivity contribution in [1.82, 2.24) is 0 Å². The van der Waals surface area contributed by atoms with Gasteiger partial charge in [0.25, 0.3) is 0 Å². The fraction of sp³-hybridized carbons (Fsp3) is 0.286. The van der Waals surface area contributed by atoms with Gasteiger partial charge in [-0.1, -0.05) is 6.42 Å². The van der Waals surface area contributed by atoms with Crippen LogP contribution in [-0.2, 0) is 0 Å². The molecule has 11 heavy (non-hydrogen) atoms. The van der Waals surface area contributed by atoms with Crippen molar-refractivity contribution >= 4 is 0 Å². The number of halogens is 3. The zero-order valence-corrected chi connectivity index (χ0v) is 9.81. The van der Waals surface area contributed by atoms with E-state index in [1.54, 1.807) is 6.42 Å². The van der Waals surface area contributed by atoms with Crippen LogP contribution in [0, 0.1) is 37.5 Å². The Morgan fingerprint density at radius 1 is 1.36 bits per heavy atom. The van der Waals surface area contributed by atoms with Crippen molar-refractivity contribution in [3.8, 4) is 0 Å². The Morgan fingerprint density at radius 3 is 2.27 bits per heavy atom. The molecule has 0 aromatic carbocycles. The standard InChI is InChI=1S/C7H6F3.U/c8-7(9,10)6-4-2-1-3-5-6;/h1-2,4-5H,3H2;/q-1;. The molecule has 0 aromatic rings. The first-order valence-corrected chi connectivity index (χ1v) is 2.88. The Morgan fingerprint density at radius 2 is 2.00 bits per heavy atom. The van der Waals surface area contributed by atoms with Gasteiger partial charge >= 0.3 is 6.18 Å². The van der Waals surface area contributed by atoms with Gasteiger partial charge in [0.1, 0.15) is 0 Å². The van der Waals surface area contributed by atoms with Crippen LogP contribution in [0.15, 0.2) is 23.8 Å². The average Bonchev–Trinajstić information content (AvgIpc) is 1.88. The Balaban J connectivity index is 0.000001000. The van der Waals surface area contributed by atoms with Crippen LogP contribution in [0.2, 0.25) is 0 Å². The molecule has 0 fully saturated rings. The minimum Gasteiger partial charge on any atom is -0.227 e. The maximum absolute atomic E-state index is 11.8. The SMILES string of the molecule is FC(F)(F)C1=CC[CH-]C=C1.[U]. The molecule has 4 heteroatoms. The summed E-state index contributed by atoms with van der Waals surface area (Å²) in [5.74, 6) is 0. The smallest absolute Gasteiger partial charge is 0.227 e. The summed E-state index contributed by atoms with van der Waals surface area (Å²) in [7, 11) is 0. The molecule has 0 atom stereocenters. The van der Waals surface area contributed by atoms with Gasteiger partial charge in [-0.3, -0.25) is 0 Å². The van der Waals surface area contributed by atoms with Crippen molar-refractivity contribution < 1.29 is 44.3 Å². The minimum atomic E-state index is -4.18. The second-order valence-electron chi connectivity index (χ2n) is 1.99. The predicted octanol–water partition coefficient (Wildman–Crippen LogP) is 2.64. The second-order valence-corrected chi connectivity index (χ2v) is 1.99. The van der Waals surface area contributed by atoms with E-state index in [0.717, 1.165) is 6.08 Å². The van der Waals surface area contributed by atoms with Gasteiger partial charge in [0.15, 0.2) is 0 Å². The normalized spacial score (nSPS) is 16.5. The van der Waals surface area contributed by atoms with E-state index in [1.165, 1.54) is 12.2 Å². The summed E-state index contributed by atoms with van der Waals surface area (Å²) in [6.07, 6.45) is 1.54. The van der Waals surface area contributed by atoms with Crippen LogP contribution < -0.4 is 0 Å². The van der Waals surface area contributed by atoms with Crippen molar-refractivity contribution in [1.29, 1.82) is 0 Å². The first-order valence-electron chi connectivity index (χ1n) is 2.88. The second kappa shape index (κ2) is 4.28. The summed E-state index contributed by atoms with van der Waals surface area (Å²) >= 11 is 0. The number of alkyl halides is 3. The molecule has 0 amide bonds. The van der Waals surface area contributed by atoms with Gasteiger partial charge in [-0.05, 0) is 5.57 Å². The molecule has 1 rings (SSSR count). The molecule has 0 saturated carbocycles. The Labute approximate surface area is 86.9 Å².